The van der Waals surface area contributed by atoms with E-state index in [9.17, 15) is 9.59 Å². The maximum Gasteiger partial charge on any atom is 0.336 e. The molecule has 1 aliphatic heterocycles. The van der Waals surface area contributed by atoms with Crippen LogP contribution in [0.3, 0.4) is 0 Å². The van der Waals surface area contributed by atoms with Gasteiger partial charge in [-0.15, -0.1) is 0 Å². The number of nitrogens with zero attached hydrogens (tertiary/aromatic N) is 1. The molecule has 24 heavy (non-hydrogen) atoms. The predicted octanol–water partition coefficient (Wildman–Crippen LogP) is 3.14. The van der Waals surface area contributed by atoms with E-state index in [1.807, 2.05) is 12.1 Å². The lowest BCUT2D eigenvalue weighted by atomic mass is 9.83. The van der Waals surface area contributed by atoms with Gasteiger partial charge in [0.05, 0.1) is 18.8 Å². The Morgan fingerprint density at radius 3 is 2.58 bits per heavy atom. The lowest BCUT2D eigenvalue weighted by molar-refractivity contribution is -0.140. The first-order valence-electron chi connectivity index (χ1n) is 7.92. The molecule has 1 amide bonds. The molecule has 0 spiro atoms. The number of carbonyl (C=O) groups excluding carboxylic acids is 2. The molecule has 1 aromatic rings. The largest absolute Gasteiger partial charge is 0.463 e. The molecule has 130 valence electrons. The third-order valence-electron chi connectivity index (χ3n) is 4.11. The molecule has 0 radical (unpaired) electrons. The molecule has 1 heterocycles. The second kappa shape index (κ2) is 8.31. The summed E-state index contributed by atoms with van der Waals surface area (Å²) < 4.78 is 10.3. The molecule has 0 aliphatic carbocycles. The molecule has 1 unspecified atom stereocenters. The highest BCUT2D eigenvalue weighted by Gasteiger charge is 2.36. The van der Waals surface area contributed by atoms with Crippen molar-refractivity contribution in [2.24, 2.45) is 0 Å². The number of methoxy groups -OCH3 is 1. The first kappa shape index (κ1) is 18.5. The molecule has 0 fully saturated rings. The van der Waals surface area contributed by atoms with E-state index in [-0.39, 0.29) is 30.8 Å². The van der Waals surface area contributed by atoms with Gasteiger partial charge in [-0.05, 0) is 31.5 Å². The average molecular weight is 352 g/mol. The van der Waals surface area contributed by atoms with Gasteiger partial charge in [0, 0.05) is 36.7 Å². The van der Waals surface area contributed by atoms with Gasteiger partial charge in [0.15, 0.2) is 0 Å². The molecule has 0 aromatic heterocycles. The number of rotatable bonds is 6. The maximum absolute atomic E-state index is 12.5. The van der Waals surface area contributed by atoms with E-state index in [2.05, 4.69) is 0 Å². The summed E-state index contributed by atoms with van der Waals surface area (Å²) in [6.45, 7) is 4.65. The average Bonchev–Trinajstić information content (AvgIpc) is 2.55. The van der Waals surface area contributed by atoms with Gasteiger partial charge in [-0.2, -0.15) is 0 Å². The van der Waals surface area contributed by atoms with Gasteiger partial charge in [-0.25, -0.2) is 4.79 Å². The fourth-order valence-corrected chi connectivity index (χ4v) is 3.05. The van der Waals surface area contributed by atoms with Crippen LogP contribution >= 0.6 is 11.6 Å². The number of amides is 1. The van der Waals surface area contributed by atoms with Crippen molar-refractivity contribution >= 4 is 23.5 Å². The fraction of sp³-hybridized carbons (Fsp3) is 0.444. The Balaban J connectivity index is 2.45. The number of hydrogen-bond donors (Lipinski definition) is 0. The normalized spacial score (nSPS) is 18.1. The first-order chi connectivity index (χ1) is 11.5. The van der Waals surface area contributed by atoms with Crippen molar-refractivity contribution in [1.29, 1.82) is 0 Å². The molecule has 1 atom stereocenters. The van der Waals surface area contributed by atoms with Crippen molar-refractivity contribution in [3.63, 3.8) is 0 Å². The summed E-state index contributed by atoms with van der Waals surface area (Å²) in [5.74, 6) is -0.741. The minimum absolute atomic E-state index is 0.0300. The molecule has 1 aromatic carbocycles. The lowest BCUT2D eigenvalue weighted by Crippen LogP contribution is -2.40. The number of benzene rings is 1. The molecule has 6 heteroatoms. The van der Waals surface area contributed by atoms with E-state index in [1.54, 1.807) is 38.0 Å². The monoisotopic (exact) mass is 351 g/mol. The summed E-state index contributed by atoms with van der Waals surface area (Å²) in [6.07, 6.45) is 0.219. The van der Waals surface area contributed by atoms with Crippen LogP contribution in [0.5, 0.6) is 0 Å². The topological polar surface area (TPSA) is 55.8 Å². The van der Waals surface area contributed by atoms with E-state index < -0.39 is 0 Å². The van der Waals surface area contributed by atoms with Gasteiger partial charge < -0.3 is 14.4 Å². The van der Waals surface area contributed by atoms with Crippen LogP contribution in [0.25, 0.3) is 0 Å². The minimum atomic E-state index is -0.384. The Morgan fingerprint density at radius 1 is 1.33 bits per heavy atom. The second-order valence-electron chi connectivity index (χ2n) is 5.57. The van der Waals surface area contributed by atoms with E-state index in [0.29, 0.717) is 29.4 Å². The van der Waals surface area contributed by atoms with E-state index >= 15 is 0 Å². The summed E-state index contributed by atoms with van der Waals surface area (Å²) in [5.41, 5.74) is 2.03. The molecular weight excluding hydrogens is 330 g/mol. The summed E-state index contributed by atoms with van der Waals surface area (Å²) in [7, 11) is 1.58. The third-order valence-corrected chi connectivity index (χ3v) is 4.36. The molecule has 0 bridgehead atoms. The highest BCUT2D eigenvalue weighted by molar-refractivity contribution is 6.30. The van der Waals surface area contributed by atoms with Crippen molar-refractivity contribution in [3.05, 3.63) is 46.1 Å². The molecule has 5 nitrogen and oxygen atoms in total. The van der Waals surface area contributed by atoms with Crippen LogP contribution in [0.1, 0.15) is 31.7 Å². The van der Waals surface area contributed by atoms with Crippen LogP contribution < -0.4 is 0 Å². The number of allylic oxidation sites excluding steroid dienone is 1. The fourth-order valence-electron chi connectivity index (χ4n) is 2.92. The Hall–Kier alpha value is -1.85. The molecule has 0 N–H and O–H groups in total. The molecule has 0 saturated heterocycles. The Bertz CT molecular complexity index is 639. The molecular formula is C18H22ClNO4. The number of esters is 1. The van der Waals surface area contributed by atoms with Crippen LogP contribution in [0.4, 0.5) is 0 Å². The van der Waals surface area contributed by atoms with Gasteiger partial charge in [0.25, 0.3) is 0 Å². The Kier molecular flexibility index (Phi) is 6.40. The summed E-state index contributed by atoms with van der Waals surface area (Å²) in [6, 6.07) is 7.21. The van der Waals surface area contributed by atoms with Gasteiger partial charge >= 0.3 is 5.97 Å². The van der Waals surface area contributed by atoms with Crippen LogP contribution in [-0.4, -0.2) is 43.6 Å². The van der Waals surface area contributed by atoms with Crippen molar-refractivity contribution in [1.82, 2.24) is 4.90 Å². The zero-order valence-electron chi connectivity index (χ0n) is 14.2. The second-order valence-corrected chi connectivity index (χ2v) is 6.00. The SMILES string of the molecule is CCOC(=O)C1=C(C)N(CCOC)C(=O)CC1c1ccc(Cl)cc1. The van der Waals surface area contributed by atoms with Crippen molar-refractivity contribution in [2.45, 2.75) is 26.2 Å². The highest BCUT2D eigenvalue weighted by Crippen LogP contribution is 2.37. The zero-order valence-corrected chi connectivity index (χ0v) is 14.9. The van der Waals surface area contributed by atoms with Crippen LogP contribution in [0.2, 0.25) is 5.02 Å². The van der Waals surface area contributed by atoms with Crippen LogP contribution in [0.15, 0.2) is 35.5 Å². The standard InChI is InChI=1S/C18H22ClNO4/c1-4-24-18(22)17-12(2)20(9-10-23-3)16(21)11-15(17)13-5-7-14(19)8-6-13/h5-8,15H,4,9-11H2,1-3H3. The number of ether oxygens (including phenoxy) is 2. The van der Waals surface area contributed by atoms with Crippen molar-refractivity contribution in [3.8, 4) is 0 Å². The van der Waals surface area contributed by atoms with E-state index in [1.165, 1.54) is 0 Å². The quantitative estimate of drug-likeness (QED) is 0.739. The zero-order chi connectivity index (χ0) is 17.7. The van der Waals surface area contributed by atoms with Gasteiger partial charge in [-0.1, -0.05) is 23.7 Å². The van der Waals surface area contributed by atoms with Gasteiger partial charge in [0.2, 0.25) is 5.91 Å². The molecule has 0 saturated carbocycles. The van der Waals surface area contributed by atoms with Gasteiger partial charge in [0.1, 0.15) is 0 Å². The van der Waals surface area contributed by atoms with E-state index in [0.717, 1.165) is 5.56 Å². The lowest BCUT2D eigenvalue weighted by Gasteiger charge is -2.34. The Labute approximate surface area is 147 Å². The highest BCUT2D eigenvalue weighted by atomic mass is 35.5. The number of hydrogen-bond acceptors (Lipinski definition) is 4. The van der Waals surface area contributed by atoms with E-state index in [4.69, 9.17) is 21.1 Å². The first-order valence-corrected chi connectivity index (χ1v) is 8.30. The van der Waals surface area contributed by atoms with Crippen LogP contribution in [0, 0.1) is 0 Å². The predicted molar refractivity (Wildman–Crippen MR) is 91.7 cm³/mol. The smallest absolute Gasteiger partial charge is 0.336 e. The molecule has 2 rings (SSSR count). The van der Waals surface area contributed by atoms with Gasteiger partial charge in [-0.3, -0.25) is 4.79 Å². The van der Waals surface area contributed by atoms with Crippen molar-refractivity contribution in [2.75, 3.05) is 26.9 Å². The maximum atomic E-state index is 12.5. The Morgan fingerprint density at radius 2 is 2.00 bits per heavy atom. The minimum Gasteiger partial charge on any atom is -0.463 e. The number of halogens is 1. The summed E-state index contributed by atoms with van der Waals surface area (Å²) in [5, 5.41) is 0.612. The third kappa shape index (κ3) is 3.97. The summed E-state index contributed by atoms with van der Waals surface area (Å²) >= 11 is 5.94. The van der Waals surface area contributed by atoms with Crippen LogP contribution in [-0.2, 0) is 19.1 Å². The summed E-state index contributed by atoms with van der Waals surface area (Å²) in [4.78, 5) is 26.7. The number of carbonyl (C=O) groups is 2. The van der Waals surface area contributed by atoms with Crippen molar-refractivity contribution < 1.29 is 19.1 Å². The molecule has 1 aliphatic rings.